The summed E-state index contributed by atoms with van der Waals surface area (Å²) in [6, 6.07) is 5.08. The van der Waals surface area contributed by atoms with E-state index in [4.69, 9.17) is 4.42 Å². The lowest BCUT2D eigenvalue weighted by Crippen LogP contribution is -2.47. The summed E-state index contributed by atoms with van der Waals surface area (Å²) in [5.41, 5.74) is 3.00. The van der Waals surface area contributed by atoms with Crippen molar-refractivity contribution in [2.24, 2.45) is 5.41 Å². The first-order valence-corrected chi connectivity index (χ1v) is 11.6. The fourth-order valence-electron chi connectivity index (χ4n) is 5.05. The number of hydrogen-bond donors (Lipinski definition) is 1. The number of nitrogens with zero attached hydrogens (tertiary/aromatic N) is 5. The Balaban J connectivity index is 1.17. The Hall–Kier alpha value is -3.69. The molecule has 2 aliphatic rings. The molecule has 0 atom stereocenters. The molecule has 0 saturated carbocycles. The Bertz CT molecular complexity index is 1240. The molecule has 2 saturated heterocycles. The van der Waals surface area contributed by atoms with Gasteiger partial charge in [0.25, 0.3) is 11.8 Å². The van der Waals surface area contributed by atoms with Crippen LogP contribution in [0.3, 0.4) is 0 Å². The Morgan fingerprint density at radius 3 is 2.56 bits per heavy atom. The van der Waals surface area contributed by atoms with Crippen LogP contribution in [0.1, 0.15) is 51.6 Å². The van der Waals surface area contributed by atoms with E-state index in [-0.39, 0.29) is 29.5 Å². The Labute approximate surface area is 196 Å². The highest BCUT2D eigenvalue weighted by atomic mass is 16.3. The van der Waals surface area contributed by atoms with Crippen molar-refractivity contribution >= 4 is 23.4 Å². The maximum atomic E-state index is 13.3. The first-order chi connectivity index (χ1) is 16.3. The molecule has 0 aromatic carbocycles. The minimum atomic E-state index is -0.398. The second-order valence-electron chi connectivity index (χ2n) is 9.33. The second kappa shape index (κ2) is 8.58. The summed E-state index contributed by atoms with van der Waals surface area (Å²) >= 11 is 0. The SMILES string of the molecule is Cc1cc2ncc(C(=O)N3CCC4(CCN(C(=O)CNC(=O)c5ccco5)CC4)C3)c(C)n2n1. The molecule has 0 unspecified atom stereocenters. The van der Waals surface area contributed by atoms with Crippen molar-refractivity contribution in [2.75, 3.05) is 32.7 Å². The van der Waals surface area contributed by atoms with Gasteiger partial charge in [0.2, 0.25) is 5.91 Å². The van der Waals surface area contributed by atoms with E-state index >= 15 is 0 Å². The van der Waals surface area contributed by atoms with Gasteiger partial charge >= 0.3 is 0 Å². The third kappa shape index (κ3) is 4.04. The average Bonchev–Trinajstić information content (AvgIpc) is 3.58. The second-order valence-corrected chi connectivity index (χ2v) is 9.33. The normalized spacial score (nSPS) is 17.5. The lowest BCUT2D eigenvalue weighted by Gasteiger charge is -2.39. The van der Waals surface area contributed by atoms with Gasteiger partial charge in [-0.15, -0.1) is 0 Å². The number of likely N-dealkylation sites (tertiary alicyclic amines) is 2. The molecule has 0 bridgehead atoms. The minimum absolute atomic E-state index is 0.0175. The number of aromatic nitrogens is 3. The van der Waals surface area contributed by atoms with Crippen molar-refractivity contribution in [2.45, 2.75) is 33.1 Å². The van der Waals surface area contributed by atoms with Gasteiger partial charge in [0.05, 0.1) is 29.8 Å². The molecule has 10 heteroatoms. The van der Waals surface area contributed by atoms with Crippen molar-refractivity contribution in [3.63, 3.8) is 0 Å². The minimum Gasteiger partial charge on any atom is -0.459 e. The maximum Gasteiger partial charge on any atom is 0.287 e. The van der Waals surface area contributed by atoms with Crippen molar-refractivity contribution in [3.05, 3.63) is 53.4 Å². The van der Waals surface area contributed by atoms with Crippen molar-refractivity contribution in [3.8, 4) is 0 Å². The molecular weight excluding hydrogens is 436 g/mol. The van der Waals surface area contributed by atoms with Crippen LogP contribution in [0.15, 0.2) is 35.1 Å². The molecule has 2 aliphatic heterocycles. The van der Waals surface area contributed by atoms with Gasteiger partial charge < -0.3 is 19.5 Å². The van der Waals surface area contributed by atoms with E-state index in [1.165, 1.54) is 6.26 Å². The average molecular weight is 465 g/mol. The van der Waals surface area contributed by atoms with Crippen LogP contribution >= 0.6 is 0 Å². The zero-order chi connectivity index (χ0) is 23.9. The number of hydrogen-bond acceptors (Lipinski definition) is 6. The van der Waals surface area contributed by atoms with E-state index in [0.29, 0.717) is 31.7 Å². The summed E-state index contributed by atoms with van der Waals surface area (Å²) in [4.78, 5) is 46.0. The lowest BCUT2D eigenvalue weighted by molar-refractivity contribution is -0.132. The van der Waals surface area contributed by atoms with Crippen molar-refractivity contribution in [1.29, 1.82) is 0 Å². The third-order valence-electron chi connectivity index (χ3n) is 7.12. The van der Waals surface area contributed by atoms with Gasteiger partial charge in [0.15, 0.2) is 11.4 Å². The van der Waals surface area contributed by atoms with Gasteiger partial charge in [-0.2, -0.15) is 5.10 Å². The van der Waals surface area contributed by atoms with Gasteiger partial charge in [-0.3, -0.25) is 14.4 Å². The quantitative estimate of drug-likeness (QED) is 0.630. The molecule has 0 aliphatic carbocycles. The highest BCUT2D eigenvalue weighted by Crippen LogP contribution is 2.40. The molecule has 5 heterocycles. The number of carbonyl (C=O) groups excluding carboxylic acids is 3. The summed E-state index contributed by atoms with van der Waals surface area (Å²) in [5, 5.41) is 7.06. The number of aryl methyl sites for hydroxylation is 2. The van der Waals surface area contributed by atoms with Gasteiger partial charge in [-0.05, 0) is 50.7 Å². The first-order valence-electron chi connectivity index (χ1n) is 11.6. The van der Waals surface area contributed by atoms with Gasteiger partial charge in [0.1, 0.15) is 0 Å². The summed E-state index contributed by atoms with van der Waals surface area (Å²) < 4.78 is 6.77. The number of furan rings is 1. The Morgan fingerprint density at radius 2 is 1.85 bits per heavy atom. The highest BCUT2D eigenvalue weighted by Gasteiger charge is 2.43. The van der Waals surface area contributed by atoms with Crippen LogP contribution in [0.2, 0.25) is 0 Å². The van der Waals surface area contributed by atoms with Crippen LogP contribution in [0.5, 0.6) is 0 Å². The number of nitrogens with one attached hydrogen (secondary N) is 1. The van der Waals surface area contributed by atoms with Crippen molar-refractivity contribution in [1.82, 2.24) is 29.7 Å². The van der Waals surface area contributed by atoms with Gasteiger partial charge in [-0.1, -0.05) is 0 Å². The van der Waals surface area contributed by atoms with E-state index in [0.717, 1.165) is 36.3 Å². The third-order valence-corrected chi connectivity index (χ3v) is 7.12. The monoisotopic (exact) mass is 464 g/mol. The largest absolute Gasteiger partial charge is 0.459 e. The zero-order valence-corrected chi connectivity index (χ0v) is 19.4. The van der Waals surface area contributed by atoms with Gasteiger partial charge in [-0.25, -0.2) is 9.50 Å². The molecule has 10 nitrogen and oxygen atoms in total. The lowest BCUT2D eigenvalue weighted by atomic mass is 9.78. The number of piperidine rings is 1. The van der Waals surface area contributed by atoms with E-state index in [9.17, 15) is 14.4 Å². The van der Waals surface area contributed by atoms with Gasteiger partial charge in [0, 0.05) is 38.4 Å². The van der Waals surface area contributed by atoms with Crippen LogP contribution in [0.25, 0.3) is 5.65 Å². The van der Waals surface area contributed by atoms with Crippen LogP contribution < -0.4 is 5.32 Å². The topological polar surface area (TPSA) is 113 Å². The first kappa shape index (κ1) is 22.1. The molecule has 3 amide bonds. The fraction of sp³-hybridized carbons (Fsp3) is 0.458. The van der Waals surface area contributed by atoms with Crippen LogP contribution in [0, 0.1) is 19.3 Å². The van der Waals surface area contributed by atoms with E-state index in [1.54, 1.807) is 27.7 Å². The predicted molar refractivity (Wildman–Crippen MR) is 122 cm³/mol. The van der Waals surface area contributed by atoms with Crippen LogP contribution in [-0.4, -0.2) is 74.8 Å². The number of fused-ring (bicyclic) bond motifs is 1. The fourth-order valence-corrected chi connectivity index (χ4v) is 5.05. The van der Waals surface area contributed by atoms with Crippen LogP contribution in [0.4, 0.5) is 0 Å². The standard InChI is InChI=1S/C24H28N6O4/c1-16-12-20-25-13-18(17(2)30(20)27-16)23(33)29-10-7-24(15-29)5-8-28(9-6-24)21(31)14-26-22(32)19-4-3-11-34-19/h3-4,11-13H,5-10,14-15H2,1-2H3,(H,26,32). The smallest absolute Gasteiger partial charge is 0.287 e. The van der Waals surface area contributed by atoms with E-state index < -0.39 is 5.91 Å². The summed E-state index contributed by atoms with van der Waals surface area (Å²) in [5.74, 6) is -0.334. The summed E-state index contributed by atoms with van der Waals surface area (Å²) in [7, 11) is 0. The molecular formula is C24H28N6O4. The number of carbonyl (C=O) groups is 3. The molecule has 34 heavy (non-hydrogen) atoms. The molecule has 178 valence electrons. The summed E-state index contributed by atoms with van der Waals surface area (Å²) in [6.45, 7) is 6.37. The Kier molecular flexibility index (Phi) is 5.59. The molecule has 3 aromatic rings. The molecule has 1 spiro atoms. The Morgan fingerprint density at radius 1 is 1.12 bits per heavy atom. The molecule has 1 N–H and O–H groups in total. The molecule has 5 rings (SSSR count). The van der Waals surface area contributed by atoms with E-state index in [1.807, 2.05) is 24.8 Å². The van der Waals surface area contributed by atoms with E-state index in [2.05, 4.69) is 15.4 Å². The maximum absolute atomic E-state index is 13.3. The van der Waals surface area contributed by atoms with Crippen molar-refractivity contribution < 1.29 is 18.8 Å². The molecule has 0 radical (unpaired) electrons. The molecule has 3 aromatic heterocycles. The number of amides is 3. The highest BCUT2D eigenvalue weighted by molar-refractivity contribution is 5.95. The zero-order valence-electron chi connectivity index (χ0n) is 19.4. The molecule has 2 fully saturated rings. The number of rotatable bonds is 4. The predicted octanol–water partition coefficient (Wildman–Crippen LogP) is 1.82. The van der Waals surface area contributed by atoms with Crippen LogP contribution in [-0.2, 0) is 4.79 Å². The summed E-state index contributed by atoms with van der Waals surface area (Å²) in [6.07, 6.45) is 5.67.